The van der Waals surface area contributed by atoms with Crippen molar-refractivity contribution in [2.75, 3.05) is 18.1 Å². The number of benzene rings is 1. The molecule has 2 rings (SSSR count). The van der Waals surface area contributed by atoms with Crippen molar-refractivity contribution in [1.82, 2.24) is 15.0 Å². The van der Waals surface area contributed by atoms with Crippen molar-refractivity contribution >= 4 is 28.6 Å². The Balaban J connectivity index is 2.31. The molecule has 7 heteroatoms. The molecule has 1 amide bonds. The number of aromatic nitrogens is 2. The lowest BCUT2D eigenvalue weighted by atomic mass is 10.2. The standard InChI is InChI=1S/C12H14N4O2S/c1-2-14-10(17)7-19-12-15-9-6-4-3-5-8(9)11(18)16(12)13/h3-6H,2,7,13H2,1H3,(H,14,17). The Kier molecular flexibility index (Phi) is 4.06. The molecule has 100 valence electrons. The molecule has 3 N–H and O–H groups in total. The van der Waals surface area contributed by atoms with Gasteiger partial charge in [0.15, 0.2) is 5.16 Å². The van der Waals surface area contributed by atoms with E-state index in [-0.39, 0.29) is 17.2 Å². The van der Waals surface area contributed by atoms with Crippen molar-refractivity contribution in [3.63, 3.8) is 0 Å². The van der Waals surface area contributed by atoms with Crippen LogP contribution in [0.5, 0.6) is 0 Å². The third-order valence-corrected chi connectivity index (χ3v) is 3.43. The van der Waals surface area contributed by atoms with Gasteiger partial charge in [-0.1, -0.05) is 23.9 Å². The maximum atomic E-state index is 12.0. The minimum atomic E-state index is -0.316. The number of nitrogens with zero attached hydrogens (tertiary/aromatic N) is 2. The highest BCUT2D eigenvalue weighted by molar-refractivity contribution is 7.99. The normalized spacial score (nSPS) is 10.6. The van der Waals surface area contributed by atoms with Gasteiger partial charge in [0.1, 0.15) is 0 Å². The fraction of sp³-hybridized carbons (Fsp3) is 0.250. The third-order valence-electron chi connectivity index (χ3n) is 2.48. The van der Waals surface area contributed by atoms with E-state index in [0.29, 0.717) is 22.6 Å². The zero-order chi connectivity index (χ0) is 13.8. The van der Waals surface area contributed by atoms with Gasteiger partial charge in [-0.25, -0.2) is 9.66 Å². The van der Waals surface area contributed by atoms with Crippen LogP contribution < -0.4 is 16.7 Å². The van der Waals surface area contributed by atoms with Crippen molar-refractivity contribution in [1.29, 1.82) is 0 Å². The number of nitrogens with one attached hydrogen (secondary N) is 1. The molecular weight excluding hydrogens is 264 g/mol. The topological polar surface area (TPSA) is 90.0 Å². The summed E-state index contributed by atoms with van der Waals surface area (Å²) in [6, 6.07) is 6.97. The Hall–Kier alpha value is -2.02. The Morgan fingerprint density at radius 3 is 2.95 bits per heavy atom. The molecule has 0 saturated heterocycles. The first kappa shape index (κ1) is 13.4. The van der Waals surface area contributed by atoms with Gasteiger partial charge < -0.3 is 11.2 Å². The van der Waals surface area contributed by atoms with Crippen LogP contribution in [-0.2, 0) is 4.79 Å². The summed E-state index contributed by atoms with van der Waals surface area (Å²) in [6.07, 6.45) is 0. The first-order chi connectivity index (χ1) is 9.13. The summed E-state index contributed by atoms with van der Waals surface area (Å²) in [5.41, 5.74) is 0.261. The van der Waals surface area contributed by atoms with Gasteiger partial charge in [-0.3, -0.25) is 9.59 Å². The summed E-state index contributed by atoms with van der Waals surface area (Å²) >= 11 is 1.14. The van der Waals surface area contributed by atoms with E-state index in [1.54, 1.807) is 24.3 Å². The van der Waals surface area contributed by atoms with E-state index < -0.39 is 0 Å². The van der Waals surface area contributed by atoms with Crippen LogP contribution in [0.3, 0.4) is 0 Å². The molecule has 0 spiro atoms. The molecule has 0 aliphatic rings. The van der Waals surface area contributed by atoms with Crippen LogP contribution in [-0.4, -0.2) is 27.9 Å². The van der Waals surface area contributed by atoms with Gasteiger partial charge in [0.05, 0.1) is 16.7 Å². The molecule has 0 atom stereocenters. The highest BCUT2D eigenvalue weighted by atomic mass is 32.2. The SMILES string of the molecule is CCNC(=O)CSc1nc2ccccc2c(=O)n1N. The van der Waals surface area contributed by atoms with E-state index in [0.717, 1.165) is 16.4 Å². The second kappa shape index (κ2) is 5.75. The number of fused-ring (bicyclic) bond motifs is 1. The van der Waals surface area contributed by atoms with Gasteiger partial charge >= 0.3 is 0 Å². The molecule has 0 aliphatic heterocycles. The number of carbonyl (C=O) groups excluding carboxylic acids is 1. The van der Waals surface area contributed by atoms with Crippen molar-refractivity contribution in [3.05, 3.63) is 34.6 Å². The van der Waals surface area contributed by atoms with E-state index in [1.807, 2.05) is 6.92 Å². The number of carbonyl (C=O) groups is 1. The van der Waals surface area contributed by atoms with Gasteiger partial charge in [-0.15, -0.1) is 0 Å². The fourth-order valence-electron chi connectivity index (χ4n) is 1.61. The average molecular weight is 278 g/mol. The van der Waals surface area contributed by atoms with Crippen LogP contribution in [0.15, 0.2) is 34.2 Å². The van der Waals surface area contributed by atoms with Gasteiger partial charge in [0.2, 0.25) is 5.91 Å². The number of nitrogen functional groups attached to an aromatic ring is 1. The summed E-state index contributed by atoms with van der Waals surface area (Å²) in [6.45, 7) is 2.41. The number of rotatable bonds is 4. The second-order valence-electron chi connectivity index (χ2n) is 3.83. The van der Waals surface area contributed by atoms with E-state index in [2.05, 4.69) is 10.3 Å². The monoisotopic (exact) mass is 278 g/mol. The molecule has 6 nitrogen and oxygen atoms in total. The van der Waals surface area contributed by atoms with Crippen LogP contribution in [0.4, 0.5) is 0 Å². The number of nitrogens with two attached hydrogens (primary N) is 1. The van der Waals surface area contributed by atoms with Crippen molar-refractivity contribution in [2.45, 2.75) is 12.1 Å². The number of thioether (sulfide) groups is 1. The number of para-hydroxylation sites is 1. The van der Waals surface area contributed by atoms with Crippen LogP contribution in [0.25, 0.3) is 10.9 Å². The molecule has 0 bridgehead atoms. The molecule has 0 aliphatic carbocycles. The van der Waals surface area contributed by atoms with Crippen LogP contribution in [0, 0.1) is 0 Å². The summed E-state index contributed by atoms with van der Waals surface area (Å²) in [5, 5.41) is 3.47. The van der Waals surface area contributed by atoms with Gasteiger partial charge in [-0.2, -0.15) is 0 Å². The maximum absolute atomic E-state index is 12.0. The zero-order valence-corrected chi connectivity index (χ0v) is 11.2. The lowest BCUT2D eigenvalue weighted by molar-refractivity contribution is -0.118. The predicted molar refractivity (Wildman–Crippen MR) is 75.6 cm³/mol. The van der Waals surface area contributed by atoms with Crippen molar-refractivity contribution in [3.8, 4) is 0 Å². The van der Waals surface area contributed by atoms with Crippen LogP contribution in [0.1, 0.15) is 6.92 Å². The third kappa shape index (κ3) is 2.87. The predicted octanol–water partition coefficient (Wildman–Crippen LogP) is 0.339. The average Bonchev–Trinajstić information content (AvgIpc) is 2.42. The Bertz CT molecular complexity index is 668. The molecule has 1 aromatic heterocycles. The van der Waals surface area contributed by atoms with Crippen LogP contribution in [0.2, 0.25) is 0 Å². The minimum Gasteiger partial charge on any atom is -0.356 e. The minimum absolute atomic E-state index is 0.116. The smallest absolute Gasteiger partial charge is 0.280 e. The second-order valence-corrected chi connectivity index (χ2v) is 4.77. The molecule has 2 aromatic rings. The van der Waals surface area contributed by atoms with E-state index in [1.165, 1.54) is 0 Å². The maximum Gasteiger partial charge on any atom is 0.280 e. The largest absolute Gasteiger partial charge is 0.356 e. The number of hydrogen-bond acceptors (Lipinski definition) is 5. The quantitative estimate of drug-likeness (QED) is 0.478. The first-order valence-corrected chi connectivity index (χ1v) is 6.78. The van der Waals surface area contributed by atoms with Gasteiger partial charge in [0.25, 0.3) is 5.56 Å². The Morgan fingerprint density at radius 1 is 1.47 bits per heavy atom. The summed E-state index contributed by atoms with van der Waals surface area (Å²) in [5.74, 6) is 5.76. The molecule has 0 saturated carbocycles. The van der Waals surface area contributed by atoms with Crippen LogP contribution >= 0.6 is 11.8 Å². The van der Waals surface area contributed by atoms with Gasteiger partial charge in [-0.05, 0) is 19.1 Å². The van der Waals surface area contributed by atoms with E-state index in [9.17, 15) is 9.59 Å². The molecule has 0 unspecified atom stereocenters. The Morgan fingerprint density at radius 2 is 2.21 bits per heavy atom. The molecule has 0 fully saturated rings. The highest BCUT2D eigenvalue weighted by Gasteiger charge is 2.10. The van der Waals surface area contributed by atoms with E-state index >= 15 is 0 Å². The van der Waals surface area contributed by atoms with Crippen molar-refractivity contribution in [2.24, 2.45) is 0 Å². The van der Waals surface area contributed by atoms with Gasteiger partial charge in [0, 0.05) is 6.54 Å². The van der Waals surface area contributed by atoms with E-state index in [4.69, 9.17) is 5.84 Å². The lowest BCUT2D eigenvalue weighted by Crippen LogP contribution is -2.31. The highest BCUT2D eigenvalue weighted by Crippen LogP contribution is 2.15. The molecule has 1 heterocycles. The number of hydrogen-bond donors (Lipinski definition) is 2. The van der Waals surface area contributed by atoms with Crippen molar-refractivity contribution < 1.29 is 4.79 Å². The summed E-state index contributed by atoms with van der Waals surface area (Å²) in [4.78, 5) is 27.7. The molecule has 1 aromatic carbocycles. The summed E-state index contributed by atoms with van der Waals surface area (Å²) in [7, 11) is 0. The zero-order valence-electron chi connectivity index (χ0n) is 10.4. The molecule has 0 radical (unpaired) electrons. The number of amides is 1. The molecular formula is C12H14N4O2S. The first-order valence-electron chi connectivity index (χ1n) is 5.80. The Labute approximate surface area is 114 Å². The lowest BCUT2D eigenvalue weighted by Gasteiger charge is -2.08. The fourth-order valence-corrected chi connectivity index (χ4v) is 2.35. The summed E-state index contributed by atoms with van der Waals surface area (Å²) < 4.78 is 0.978. The molecule has 19 heavy (non-hydrogen) atoms.